The van der Waals surface area contributed by atoms with Crippen molar-refractivity contribution in [2.24, 2.45) is 0 Å². The largest absolute Gasteiger partial charge is 0.454 e. The third-order valence-corrected chi connectivity index (χ3v) is 6.83. The van der Waals surface area contributed by atoms with Crippen LogP contribution in [-0.4, -0.2) is 64.2 Å². The highest BCUT2D eigenvalue weighted by Crippen LogP contribution is 2.22. The fourth-order valence-electron chi connectivity index (χ4n) is 3.52. The maximum Gasteiger partial charge on any atom is 0.338 e. The van der Waals surface area contributed by atoms with Crippen LogP contribution in [0, 0.1) is 0 Å². The first-order valence-electron chi connectivity index (χ1n) is 10.1. The summed E-state index contributed by atoms with van der Waals surface area (Å²) in [6.45, 7) is 4.11. The van der Waals surface area contributed by atoms with Crippen molar-refractivity contribution in [1.82, 2.24) is 24.5 Å². The predicted octanol–water partition coefficient (Wildman–Crippen LogP) is 1.82. The Bertz CT molecular complexity index is 1170. The van der Waals surface area contributed by atoms with Crippen molar-refractivity contribution < 1.29 is 22.7 Å². The van der Waals surface area contributed by atoms with E-state index >= 15 is 0 Å². The van der Waals surface area contributed by atoms with E-state index in [1.54, 1.807) is 0 Å². The van der Waals surface area contributed by atoms with Gasteiger partial charge in [-0.1, -0.05) is 18.2 Å². The second-order valence-corrected chi connectivity index (χ2v) is 9.46. The second kappa shape index (κ2) is 9.15. The van der Waals surface area contributed by atoms with Gasteiger partial charge in [-0.2, -0.15) is 8.99 Å². The smallest absolute Gasteiger partial charge is 0.338 e. The number of tetrazole rings is 1. The van der Waals surface area contributed by atoms with Crippen LogP contribution in [0.4, 0.5) is 0 Å². The summed E-state index contributed by atoms with van der Waals surface area (Å²) in [4.78, 5) is 12.6. The minimum Gasteiger partial charge on any atom is -0.454 e. The number of para-hydroxylation sites is 1. The number of morpholine rings is 1. The maximum absolute atomic E-state index is 12.9. The zero-order chi connectivity index (χ0) is 22.7. The minimum absolute atomic E-state index is 0.114. The first-order chi connectivity index (χ1) is 15.3. The fraction of sp³-hybridized carbons (Fsp3) is 0.333. The average molecular weight is 458 g/mol. The molecule has 2 atom stereocenters. The standard InChI is InChI=1S/C21H23N5O5S/c1-15-12-25(13-16(2)31-15)32(28,29)19-10-8-17(9-11-19)21(27)30-14-20-22-23-24-26(20)18-6-4-3-5-7-18/h3-11,15-16H,12-14H2,1-2H3/t15-,16-/m0/s1. The van der Waals surface area contributed by atoms with Gasteiger partial charge in [0, 0.05) is 13.1 Å². The summed E-state index contributed by atoms with van der Waals surface area (Å²) in [5.41, 5.74) is 0.969. The van der Waals surface area contributed by atoms with Crippen LogP contribution in [0.3, 0.4) is 0 Å². The Hall–Kier alpha value is -3.15. The number of benzene rings is 2. The molecule has 0 aliphatic carbocycles. The van der Waals surface area contributed by atoms with Gasteiger partial charge in [0.15, 0.2) is 12.4 Å². The molecule has 10 nitrogen and oxygen atoms in total. The Morgan fingerprint density at radius 2 is 1.72 bits per heavy atom. The molecular formula is C21H23N5O5S. The van der Waals surface area contributed by atoms with Gasteiger partial charge >= 0.3 is 5.97 Å². The Labute approximate surface area is 185 Å². The van der Waals surface area contributed by atoms with Gasteiger partial charge in [-0.25, -0.2) is 13.2 Å². The highest BCUT2D eigenvalue weighted by Gasteiger charge is 2.32. The molecule has 1 saturated heterocycles. The van der Waals surface area contributed by atoms with Crippen LogP contribution in [0.15, 0.2) is 59.5 Å². The molecule has 1 aromatic heterocycles. The number of hydrogen-bond donors (Lipinski definition) is 0. The SMILES string of the molecule is C[C@H]1CN(S(=O)(=O)c2ccc(C(=O)OCc3nnnn3-c3ccccc3)cc2)C[C@H](C)O1. The van der Waals surface area contributed by atoms with Crippen molar-refractivity contribution in [2.45, 2.75) is 37.6 Å². The molecule has 0 amide bonds. The van der Waals surface area contributed by atoms with E-state index in [4.69, 9.17) is 9.47 Å². The van der Waals surface area contributed by atoms with Crippen molar-refractivity contribution in [3.63, 3.8) is 0 Å². The van der Waals surface area contributed by atoms with Gasteiger partial charge in [-0.05, 0) is 60.7 Å². The van der Waals surface area contributed by atoms with E-state index in [1.807, 2.05) is 44.2 Å². The summed E-state index contributed by atoms with van der Waals surface area (Å²) in [5.74, 6) is -0.246. The summed E-state index contributed by atoms with van der Waals surface area (Å²) in [5, 5.41) is 11.4. The molecule has 0 N–H and O–H groups in total. The third-order valence-electron chi connectivity index (χ3n) is 4.98. The summed E-state index contributed by atoms with van der Waals surface area (Å²) in [7, 11) is -3.68. The number of sulfonamides is 1. The summed E-state index contributed by atoms with van der Waals surface area (Å²) >= 11 is 0. The molecule has 0 unspecified atom stereocenters. The van der Waals surface area contributed by atoms with Gasteiger partial charge in [0.1, 0.15) is 0 Å². The topological polar surface area (TPSA) is 117 Å². The molecule has 3 aromatic rings. The van der Waals surface area contributed by atoms with Crippen molar-refractivity contribution in [3.05, 3.63) is 66.0 Å². The third kappa shape index (κ3) is 4.69. The van der Waals surface area contributed by atoms with Gasteiger partial charge in [-0.15, -0.1) is 5.10 Å². The van der Waals surface area contributed by atoms with Crippen LogP contribution in [0.2, 0.25) is 0 Å². The molecule has 1 fully saturated rings. The number of hydrogen-bond acceptors (Lipinski definition) is 8. The van der Waals surface area contributed by atoms with Gasteiger partial charge in [0.25, 0.3) is 0 Å². The number of ether oxygens (including phenoxy) is 2. The van der Waals surface area contributed by atoms with Crippen LogP contribution in [0.1, 0.15) is 30.0 Å². The van der Waals surface area contributed by atoms with E-state index in [9.17, 15) is 13.2 Å². The van der Waals surface area contributed by atoms with Crippen molar-refractivity contribution in [1.29, 1.82) is 0 Å². The van der Waals surface area contributed by atoms with Gasteiger partial charge < -0.3 is 9.47 Å². The van der Waals surface area contributed by atoms with Crippen LogP contribution < -0.4 is 0 Å². The Balaban J connectivity index is 1.43. The predicted molar refractivity (Wildman–Crippen MR) is 113 cm³/mol. The lowest BCUT2D eigenvalue weighted by Gasteiger charge is -2.34. The van der Waals surface area contributed by atoms with Gasteiger partial charge in [0.05, 0.1) is 28.4 Å². The number of carbonyl (C=O) groups excluding carboxylic acids is 1. The normalized spacial score (nSPS) is 19.6. The van der Waals surface area contributed by atoms with E-state index in [2.05, 4.69) is 15.5 Å². The van der Waals surface area contributed by atoms with E-state index in [1.165, 1.54) is 33.3 Å². The molecule has 0 bridgehead atoms. The molecule has 0 saturated carbocycles. The molecule has 32 heavy (non-hydrogen) atoms. The number of nitrogens with zero attached hydrogens (tertiary/aromatic N) is 5. The molecule has 1 aliphatic rings. The highest BCUT2D eigenvalue weighted by molar-refractivity contribution is 7.89. The monoisotopic (exact) mass is 457 g/mol. The number of esters is 1. The van der Waals surface area contributed by atoms with Crippen LogP contribution in [0.5, 0.6) is 0 Å². The number of aromatic nitrogens is 4. The first-order valence-corrected chi connectivity index (χ1v) is 11.5. The second-order valence-electron chi connectivity index (χ2n) is 7.52. The molecular weight excluding hydrogens is 434 g/mol. The molecule has 0 radical (unpaired) electrons. The minimum atomic E-state index is -3.68. The van der Waals surface area contributed by atoms with Crippen molar-refractivity contribution in [2.75, 3.05) is 13.1 Å². The van der Waals surface area contributed by atoms with Crippen LogP contribution in [0.25, 0.3) is 5.69 Å². The fourth-order valence-corrected chi connectivity index (χ4v) is 5.11. The lowest BCUT2D eigenvalue weighted by molar-refractivity contribution is -0.0440. The van der Waals surface area contributed by atoms with Crippen LogP contribution >= 0.6 is 0 Å². The zero-order valence-electron chi connectivity index (χ0n) is 17.7. The van der Waals surface area contributed by atoms with Crippen molar-refractivity contribution in [3.8, 4) is 5.69 Å². The summed E-state index contributed by atoms with van der Waals surface area (Å²) < 4.78 is 39.7. The molecule has 4 rings (SSSR count). The average Bonchev–Trinajstić information content (AvgIpc) is 3.26. The van der Waals surface area contributed by atoms with E-state index in [-0.39, 0.29) is 42.4 Å². The quantitative estimate of drug-likeness (QED) is 0.515. The van der Waals surface area contributed by atoms with E-state index in [0.717, 1.165) is 5.69 Å². The highest BCUT2D eigenvalue weighted by atomic mass is 32.2. The Morgan fingerprint density at radius 1 is 1.06 bits per heavy atom. The first kappa shape index (κ1) is 22.1. The molecule has 0 spiro atoms. The molecule has 11 heteroatoms. The van der Waals surface area contributed by atoms with Gasteiger partial charge in [0.2, 0.25) is 10.0 Å². The lowest BCUT2D eigenvalue weighted by Crippen LogP contribution is -2.48. The van der Waals surface area contributed by atoms with E-state index in [0.29, 0.717) is 5.82 Å². The molecule has 2 heterocycles. The maximum atomic E-state index is 12.9. The lowest BCUT2D eigenvalue weighted by atomic mass is 10.2. The summed E-state index contributed by atoms with van der Waals surface area (Å²) in [6.07, 6.45) is -0.370. The molecule has 2 aromatic carbocycles. The van der Waals surface area contributed by atoms with Crippen LogP contribution in [-0.2, 0) is 26.1 Å². The Kier molecular flexibility index (Phi) is 6.31. The van der Waals surface area contributed by atoms with E-state index < -0.39 is 16.0 Å². The number of carbonyl (C=O) groups is 1. The number of rotatable bonds is 6. The van der Waals surface area contributed by atoms with Crippen molar-refractivity contribution >= 4 is 16.0 Å². The molecule has 168 valence electrons. The molecule has 1 aliphatic heterocycles. The Morgan fingerprint density at radius 3 is 2.38 bits per heavy atom. The summed E-state index contributed by atoms with van der Waals surface area (Å²) in [6, 6.07) is 14.9. The van der Waals surface area contributed by atoms with Gasteiger partial charge in [-0.3, -0.25) is 0 Å². The zero-order valence-corrected chi connectivity index (χ0v) is 18.5.